The zero-order valence-electron chi connectivity index (χ0n) is 21.3. The molecule has 1 aliphatic heterocycles. The summed E-state index contributed by atoms with van der Waals surface area (Å²) in [5.41, 5.74) is 0.465. The first-order chi connectivity index (χ1) is 17.6. The lowest BCUT2D eigenvalue weighted by Gasteiger charge is -2.23. The van der Waals surface area contributed by atoms with Crippen molar-refractivity contribution in [3.8, 4) is 17.2 Å². The molecule has 198 valence electrons. The number of rotatable bonds is 9. The number of carbonyl (C=O) groups is 1. The van der Waals surface area contributed by atoms with Gasteiger partial charge in [-0.25, -0.2) is 18.4 Å². The molecule has 0 aliphatic carbocycles. The normalized spacial score (nSPS) is 17.6. The highest BCUT2D eigenvalue weighted by molar-refractivity contribution is 7.91. The summed E-state index contributed by atoms with van der Waals surface area (Å²) >= 11 is 5.89. The van der Waals surface area contributed by atoms with Gasteiger partial charge in [-0.1, -0.05) is 24.6 Å². The molecule has 3 heterocycles. The summed E-state index contributed by atoms with van der Waals surface area (Å²) in [5, 5.41) is 8.20. The van der Waals surface area contributed by atoms with E-state index < -0.39 is 26.8 Å². The lowest BCUT2D eigenvalue weighted by Crippen LogP contribution is -2.28. The van der Waals surface area contributed by atoms with Gasteiger partial charge in [0.1, 0.15) is 28.8 Å². The van der Waals surface area contributed by atoms with Gasteiger partial charge in [-0.15, -0.1) is 10.2 Å². The smallest absolute Gasteiger partial charge is 0.223 e. The van der Waals surface area contributed by atoms with Crippen molar-refractivity contribution in [3.63, 3.8) is 0 Å². The van der Waals surface area contributed by atoms with Gasteiger partial charge in [-0.3, -0.25) is 9.36 Å². The van der Waals surface area contributed by atoms with E-state index >= 15 is 0 Å². The Balaban J connectivity index is 1.80. The summed E-state index contributed by atoms with van der Waals surface area (Å²) in [4.78, 5) is 22.3. The van der Waals surface area contributed by atoms with Crippen LogP contribution in [0, 0.1) is 0 Å². The van der Waals surface area contributed by atoms with Gasteiger partial charge in [0, 0.05) is 31.8 Å². The average molecular weight is 549 g/mol. The fourth-order valence-corrected chi connectivity index (χ4v) is 6.08. The van der Waals surface area contributed by atoms with E-state index in [1.165, 1.54) is 26.6 Å². The maximum Gasteiger partial charge on any atom is 0.223 e. The number of para-hydroxylation sites is 1. The van der Waals surface area contributed by atoms with E-state index in [1.807, 2.05) is 0 Å². The Morgan fingerprint density at radius 2 is 1.73 bits per heavy atom. The summed E-state index contributed by atoms with van der Waals surface area (Å²) < 4.78 is 40.1. The number of nitrogens with zero attached hydrogens (tertiary/aromatic N) is 6. The molecule has 1 aromatic carbocycles. The van der Waals surface area contributed by atoms with Gasteiger partial charge in [-0.05, 0) is 25.5 Å². The molecule has 0 bridgehead atoms. The van der Waals surface area contributed by atoms with Crippen LogP contribution in [0.15, 0.2) is 30.6 Å². The minimum Gasteiger partial charge on any atom is -0.494 e. The van der Waals surface area contributed by atoms with Crippen molar-refractivity contribution in [1.82, 2.24) is 29.6 Å². The highest BCUT2D eigenvalue weighted by Gasteiger charge is 2.37. The van der Waals surface area contributed by atoms with E-state index in [0.29, 0.717) is 46.7 Å². The number of ether oxygens (including phenoxy) is 2. The van der Waals surface area contributed by atoms with Crippen LogP contribution >= 0.6 is 11.6 Å². The van der Waals surface area contributed by atoms with Crippen molar-refractivity contribution in [2.45, 2.75) is 49.7 Å². The summed E-state index contributed by atoms with van der Waals surface area (Å²) in [5.74, 6) is 0.947. The van der Waals surface area contributed by atoms with Crippen LogP contribution in [0.3, 0.4) is 0 Å². The third-order valence-corrected chi connectivity index (χ3v) is 9.22. The first kappa shape index (κ1) is 26.8. The molecule has 1 fully saturated rings. The maximum absolute atomic E-state index is 13.6. The number of hydrogen-bond donors (Lipinski definition) is 0. The van der Waals surface area contributed by atoms with Crippen molar-refractivity contribution >= 4 is 27.3 Å². The number of carbonyl (C=O) groups excluding carboxylic acids is 1. The predicted molar refractivity (Wildman–Crippen MR) is 137 cm³/mol. The third kappa shape index (κ3) is 5.12. The van der Waals surface area contributed by atoms with Gasteiger partial charge in [0.15, 0.2) is 21.5 Å². The van der Waals surface area contributed by atoms with Gasteiger partial charge < -0.3 is 14.4 Å². The molecule has 0 N–H and O–H groups in total. The Hall–Kier alpha value is -3.25. The van der Waals surface area contributed by atoms with Crippen molar-refractivity contribution < 1.29 is 22.7 Å². The lowest BCUT2D eigenvalue weighted by molar-refractivity contribution is -0.127. The van der Waals surface area contributed by atoms with E-state index in [1.54, 1.807) is 48.6 Å². The Labute approximate surface area is 220 Å². The number of likely N-dealkylation sites (tertiary alicyclic amines) is 1. The molecule has 37 heavy (non-hydrogen) atoms. The fraction of sp³-hybridized carbons (Fsp3) is 0.458. The summed E-state index contributed by atoms with van der Waals surface area (Å²) in [6, 6.07) is 4.87. The zero-order chi connectivity index (χ0) is 26.9. The van der Waals surface area contributed by atoms with Crippen LogP contribution in [0.1, 0.15) is 56.1 Å². The van der Waals surface area contributed by atoms with Gasteiger partial charge in [-0.2, -0.15) is 0 Å². The Kier molecular flexibility index (Phi) is 7.69. The SMILES string of the molecule is COc1cccc(OC)c1-n1c(CS(=O)(=O)[C@@H](C)[C@H](C)c2ncc(Cl)cn2)nnc1C1CCC(=O)N1C. The van der Waals surface area contributed by atoms with E-state index in [9.17, 15) is 13.2 Å². The first-order valence-electron chi connectivity index (χ1n) is 11.7. The number of sulfone groups is 1. The van der Waals surface area contributed by atoms with Crippen LogP contribution in [0.2, 0.25) is 5.02 Å². The summed E-state index contributed by atoms with van der Waals surface area (Å²) in [7, 11) is 0.953. The molecule has 0 radical (unpaired) electrons. The standard InChI is InChI=1S/C24H29ClN6O5S/c1-14(23-26-11-16(25)12-27-23)15(2)37(33,34)13-20-28-29-24(17-9-10-21(32)30(17)3)31(20)22-18(35-4)7-6-8-19(22)36-5/h6-8,11-12,14-15,17H,9-10,13H2,1-5H3/t14-,15-,17?/m0/s1. The van der Waals surface area contributed by atoms with Crippen molar-refractivity contribution in [3.05, 3.63) is 53.1 Å². The maximum atomic E-state index is 13.6. The lowest BCUT2D eigenvalue weighted by atomic mass is 10.1. The Morgan fingerprint density at radius 3 is 2.27 bits per heavy atom. The van der Waals surface area contributed by atoms with Gasteiger partial charge in [0.05, 0.1) is 30.5 Å². The zero-order valence-corrected chi connectivity index (χ0v) is 22.8. The van der Waals surface area contributed by atoms with Crippen LogP contribution in [0.25, 0.3) is 5.69 Å². The van der Waals surface area contributed by atoms with Crippen molar-refractivity contribution in [1.29, 1.82) is 0 Å². The van der Waals surface area contributed by atoms with Crippen LogP contribution in [0.5, 0.6) is 11.5 Å². The molecule has 1 unspecified atom stereocenters. The molecule has 0 spiro atoms. The molecule has 11 nitrogen and oxygen atoms in total. The molecule has 1 amide bonds. The second-order valence-corrected chi connectivity index (χ2v) is 11.7. The summed E-state index contributed by atoms with van der Waals surface area (Å²) in [6.45, 7) is 3.37. The second kappa shape index (κ2) is 10.6. The second-order valence-electron chi connectivity index (χ2n) is 8.94. The molecule has 0 saturated carbocycles. The van der Waals surface area contributed by atoms with Crippen molar-refractivity contribution in [2.24, 2.45) is 0 Å². The van der Waals surface area contributed by atoms with Gasteiger partial charge in [0.2, 0.25) is 5.91 Å². The highest BCUT2D eigenvalue weighted by Crippen LogP contribution is 2.39. The number of halogens is 1. The topological polar surface area (TPSA) is 129 Å². The highest BCUT2D eigenvalue weighted by atomic mass is 35.5. The molecule has 4 rings (SSSR count). The summed E-state index contributed by atoms with van der Waals surface area (Å²) in [6.07, 6.45) is 3.77. The van der Waals surface area contributed by atoms with Gasteiger partial charge >= 0.3 is 0 Å². The molecular formula is C24H29ClN6O5S. The molecule has 13 heteroatoms. The number of methoxy groups -OCH3 is 2. The Morgan fingerprint density at radius 1 is 1.11 bits per heavy atom. The average Bonchev–Trinajstić information content (AvgIpc) is 3.44. The number of aromatic nitrogens is 5. The molecule has 1 aliphatic rings. The minimum atomic E-state index is -3.77. The van der Waals surface area contributed by atoms with Crippen LogP contribution in [-0.2, 0) is 20.4 Å². The van der Waals surface area contributed by atoms with E-state index in [4.69, 9.17) is 21.1 Å². The molecule has 3 aromatic rings. The molecule has 2 aromatic heterocycles. The van der Waals surface area contributed by atoms with Crippen molar-refractivity contribution in [2.75, 3.05) is 21.3 Å². The number of amides is 1. The monoisotopic (exact) mass is 548 g/mol. The molecule has 1 saturated heterocycles. The van der Waals surface area contributed by atoms with Gasteiger partial charge in [0.25, 0.3) is 0 Å². The fourth-order valence-electron chi connectivity index (χ4n) is 4.43. The van der Waals surface area contributed by atoms with Crippen LogP contribution in [-0.4, -0.2) is 70.5 Å². The van der Waals surface area contributed by atoms with Crippen LogP contribution in [0.4, 0.5) is 0 Å². The first-order valence-corrected chi connectivity index (χ1v) is 13.8. The molecular weight excluding hydrogens is 520 g/mol. The minimum absolute atomic E-state index is 0.0221. The van der Waals surface area contributed by atoms with E-state index in [2.05, 4.69) is 20.2 Å². The van der Waals surface area contributed by atoms with Crippen LogP contribution < -0.4 is 9.47 Å². The largest absolute Gasteiger partial charge is 0.494 e. The third-order valence-electron chi connectivity index (χ3n) is 6.82. The number of hydrogen-bond acceptors (Lipinski definition) is 9. The van der Waals surface area contributed by atoms with E-state index in [-0.39, 0.29) is 17.8 Å². The quantitative estimate of drug-likeness (QED) is 0.396. The number of benzene rings is 1. The van der Waals surface area contributed by atoms with E-state index in [0.717, 1.165) is 0 Å². The predicted octanol–water partition coefficient (Wildman–Crippen LogP) is 3.13. The molecule has 3 atom stereocenters. The Bertz CT molecular complexity index is 1370.